The maximum absolute atomic E-state index is 13.1. The minimum atomic E-state index is 0.183. The molecule has 1 amide bonds. The van der Waals surface area contributed by atoms with Crippen LogP contribution in [0.1, 0.15) is 35.0 Å². The molecule has 0 aliphatic carbocycles. The van der Waals surface area contributed by atoms with E-state index in [1.54, 1.807) is 23.5 Å². The first-order chi connectivity index (χ1) is 18.0. The van der Waals surface area contributed by atoms with Gasteiger partial charge in [-0.1, -0.05) is 52.6 Å². The van der Waals surface area contributed by atoms with Crippen molar-refractivity contribution in [2.24, 2.45) is 0 Å². The molecule has 6 rings (SSSR count). The van der Waals surface area contributed by atoms with E-state index >= 15 is 0 Å². The van der Waals surface area contributed by atoms with Crippen molar-refractivity contribution < 1.29 is 9.32 Å². The van der Waals surface area contributed by atoms with E-state index in [1.807, 2.05) is 41.5 Å². The number of benzene rings is 2. The van der Waals surface area contributed by atoms with Crippen molar-refractivity contribution in [3.05, 3.63) is 80.2 Å². The number of H-pyrrole nitrogens is 1. The number of likely N-dealkylation sites (tertiary alicyclic amines) is 1. The van der Waals surface area contributed by atoms with Crippen molar-refractivity contribution in [1.29, 1.82) is 0 Å². The fourth-order valence-corrected chi connectivity index (χ4v) is 6.26. The number of piperidine rings is 1. The molecule has 188 valence electrons. The molecule has 6 nitrogen and oxygen atoms in total. The summed E-state index contributed by atoms with van der Waals surface area (Å²) in [6.45, 7) is 3.52. The molecule has 1 N–H and O–H groups in total. The lowest BCUT2D eigenvalue weighted by Gasteiger charge is -2.31. The highest BCUT2D eigenvalue weighted by atomic mass is 35.5. The second-order valence-electron chi connectivity index (χ2n) is 9.38. The Morgan fingerprint density at radius 1 is 1.11 bits per heavy atom. The summed E-state index contributed by atoms with van der Waals surface area (Å²) in [6.07, 6.45) is 2.22. The molecule has 1 aliphatic rings. The molecule has 1 aliphatic heterocycles. The van der Waals surface area contributed by atoms with Gasteiger partial charge in [0, 0.05) is 52.6 Å². The Morgan fingerprint density at radius 2 is 1.92 bits per heavy atom. The van der Waals surface area contributed by atoms with Crippen LogP contribution in [0.25, 0.3) is 33.6 Å². The van der Waals surface area contributed by atoms with Crippen LogP contribution in [0, 0.1) is 6.92 Å². The number of nitrogens with zero attached hydrogens (tertiary/aromatic N) is 3. The van der Waals surface area contributed by atoms with Gasteiger partial charge in [-0.25, -0.2) is 4.98 Å². The second-order valence-corrected chi connectivity index (χ2v) is 11.1. The number of carbonyl (C=O) groups is 1. The Bertz CT molecular complexity index is 1600. The molecular weight excluding hydrogens is 527 g/mol. The summed E-state index contributed by atoms with van der Waals surface area (Å²) in [5.74, 6) is 1.13. The number of aryl methyl sites for hydroxylation is 1. The van der Waals surface area contributed by atoms with Crippen LogP contribution >= 0.6 is 34.5 Å². The van der Waals surface area contributed by atoms with Crippen molar-refractivity contribution in [1.82, 2.24) is 20.0 Å². The van der Waals surface area contributed by atoms with Gasteiger partial charge < -0.3 is 14.4 Å². The summed E-state index contributed by atoms with van der Waals surface area (Å²) in [7, 11) is 0. The average molecular weight is 551 g/mol. The van der Waals surface area contributed by atoms with E-state index in [1.165, 1.54) is 0 Å². The standard InChI is InChI=1S/C28H24Cl2N4O2S/c1-16-20(19-4-2-3-5-23(19)31-16)13-27(35)34-10-8-17(9-11-34)28-32-25(15-37-28)26-14-24(33-36-26)18-6-7-21(29)22(30)12-18/h2-7,12,14-15,17,31H,8-11,13H2,1H3. The summed E-state index contributed by atoms with van der Waals surface area (Å²) >= 11 is 13.8. The zero-order valence-electron chi connectivity index (χ0n) is 20.1. The van der Waals surface area contributed by atoms with Gasteiger partial charge in [0.2, 0.25) is 5.91 Å². The number of aromatic nitrogens is 3. The van der Waals surface area contributed by atoms with Gasteiger partial charge >= 0.3 is 0 Å². The Kier molecular flexibility index (Phi) is 6.53. The number of fused-ring (bicyclic) bond motifs is 1. The summed E-state index contributed by atoms with van der Waals surface area (Å²) in [4.78, 5) is 23.4. The van der Waals surface area contributed by atoms with E-state index in [2.05, 4.69) is 22.3 Å². The number of halogens is 2. The predicted molar refractivity (Wildman–Crippen MR) is 148 cm³/mol. The molecule has 0 atom stereocenters. The quantitative estimate of drug-likeness (QED) is 0.245. The first kappa shape index (κ1) is 24.2. The van der Waals surface area contributed by atoms with Crippen LogP contribution in [0.3, 0.4) is 0 Å². The fourth-order valence-electron chi connectivity index (χ4n) is 4.98. The molecule has 0 spiro atoms. The topological polar surface area (TPSA) is 75.0 Å². The first-order valence-electron chi connectivity index (χ1n) is 12.2. The molecule has 2 aromatic carbocycles. The Labute approximate surface area is 228 Å². The van der Waals surface area contributed by atoms with Gasteiger partial charge in [-0.2, -0.15) is 0 Å². The van der Waals surface area contributed by atoms with Crippen molar-refractivity contribution in [3.63, 3.8) is 0 Å². The molecular formula is C28H24Cl2N4O2S. The largest absolute Gasteiger partial charge is 0.358 e. The number of amides is 1. The SMILES string of the molecule is Cc1[nH]c2ccccc2c1CC(=O)N1CCC(c2nc(-c3cc(-c4ccc(Cl)c(Cl)c4)no3)cs2)CC1. The van der Waals surface area contributed by atoms with Crippen LogP contribution in [0.4, 0.5) is 0 Å². The lowest BCUT2D eigenvalue weighted by Crippen LogP contribution is -2.38. The number of nitrogens with one attached hydrogen (secondary N) is 1. The fraction of sp³-hybridized carbons (Fsp3) is 0.250. The van der Waals surface area contributed by atoms with Gasteiger partial charge in [-0.05, 0) is 43.5 Å². The van der Waals surface area contributed by atoms with E-state index < -0.39 is 0 Å². The van der Waals surface area contributed by atoms with E-state index in [-0.39, 0.29) is 5.91 Å². The van der Waals surface area contributed by atoms with Crippen LogP contribution in [0.5, 0.6) is 0 Å². The maximum atomic E-state index is 13.1. The number of para-hydroxylation sites is 1. The van der Waals surface area contributed by atoms with Gasteiger partial charge in [0.25, 0.3) is 0 Å². The Morgan fingerprint density at radius 3 is 2.73 bits per heavy atom. The molecule has 0 bridgehead atoms. The van der Waals surface area contributed by atoms with Gasteiger partial charge in [-0.15, -0.1) is 11.3 Å². The Balaban J connectivity index is 1.10. The number of rotatable bonds is 5. The average Bonchev–Trinajstić information content (AvgIpc) is 3.65. The van der Waals surface area contributed by atoms with Crippen LogP contribution in [-0.2, 0) is 11.2 Å². The molecule has 1 fully saturated rings. The van der Waals surface area contributed by atoms with Gasteiger partial charge in [0.05, 0.1) is 21.5 Å². The molecule has 37 heavy (non-hydrogen) atoms. The van der Waals surface area contributed by atoms with Crippen molar-refractivity contribution in [3.8, 4) is 22.7 Å². The van der Waals surface area contributed by atoms with Crippen molar-refractivity contribution >= 4 is 51.3 Å². The first-order valence-corrected chi connectivity index (χ1v) is 13.8. The van der Waals surface area contributed by atoms with E-state index in [9.17, 15) is 4.79 Å². The zero-order chi connectivity index (χ0) is 25.5. The third kappa shape index (κ3) is 4.79. The van der Waals surface area contributed by atoms with Gasteiger partial charge in [0.1, 0.15) is 11.4 Å². The molecule has 5 aromatic rings. The highest BCUT2D eigenvalue weighted by molar-refractivity contribution is 7.10. The third-order valence-corrected chi connectivity index (χ3v) is 8.80. The summed E-state index contributed by atoms with van der Waals surface area (Å²) < 4.78 is 5.58. The monoisotopic (exact) mass is 550 g/mol. The Hall–Kier alpha value is -3.13. The predicted octanol–water partition coefficient (Wildman–Crippen LogP) is 7.51. The van der Waals surface area contributed by atoms with Gasteiger partial charge in [-0.3, -0.25) is 4.79 Å². The molecule has 0 radical (unpaired) electrons. The summed E-state index contributed by atoms with van der Waals surface area (Å²) in [6, 6.07) is 15.4. The molecule has 3 aromatic heterocycles. The van der Waals surface area contributed by atoms with Crippen LogP contribution < -0.4 is 0 Å². The van der Waals surface area contributed by atoms with Crippen molar-refractivity contribution in [2.75, 3.05) is 13.1 Å². The smallest absolute Gasteiger partial charge is 0.227 e. The van der Waals surface area contributed by atoms with Crippen LogP contribution in [0.2, 0.25) is 10.0 Å². The minimum Gasteiger partial charge on any atom is -0.358 e. The van der Waals surface area contributed by atoms with Crippen LogP contribution in [-0.4, -0.2) is 39.0 Å². The maximum Gasteiger partial charge on any atom is 0.227 e. The third-order valence-electron chi connectivity index (χ3n) is 7.05. The molecule has 0 unspecified atom stereocenters. The number of hydrogen-bond acceptors (Lipinski definition) is 5. The highest BCUT2D eigenvalue weighted by Crippen LogP contribution is 2.35. The second kappa shape index (κ2) is 9.97. The normalized spacial score (nSPS) is 14.5. The molecule has 0 saturated carbocycles. The van der Waals surface area contributed by atoms with Crippen molar-refractivity contribution in [2.45, 2.75) is 32.1 Å². The summed E-state index contributed by atoms with van der Waals surface area (Å²) in [5.41, 5.74) is 5.53. The lowest BCUT2D eigenvalue weighted by atomic mass is 9.96. The van der Waals surface area contributed by atoms with Crippen LogP contribution in [0.15, 0.2) is 58.4 Å². The van der Waals surface area contributed by atoms with E-state index in [4.69, 9.17) is 32.7 Å². The lowest BCUT2D eigenvalue weighted by molar-refractivity contribution is -0.131. The molecule has 9 heteroatoms. The summed E-state index contributed by atoms with van der Waals surface area (Å²) in [5, 5.41) is 9.36. The zero-order valence-corrected chi connectivity index (χ0v) is 22.5. The van der Waals surface area contributed by atoms with E-state index in [0.29, 0.717) is 33.8 Å². The number of aromatic amines is 1. The molecule has 1 saturated heterocycles. The molecule has 4 heterocycles. The number of hydrogen-bond donors (Lipinski definition) is 1. The minimum absolute atomic E-state index is 0.183. The number of thiazole rings is 1. The highest BCUT2D eigenvalue weighted by Gasteiger charge is 2.27. The number of carbonyl (C=O) groups excluding carboxylic acids is 1. The van der Waals surface area contributed by atoms with Gasteiger partial charge in [0.15, 0.2) is 5.76 Å². The van der Waals surface area contributed by atoms with E-state index in [0.717, 1.165) is 64.4 Å².